The molecule has 5 rings (SSSR count). The van der Waals surface area contributed by atoms with Crippen LogP contribution in [-0.2, 0) is 0 Å². The van der Waals surface area contributed by atoms with E-state index in [4.69, 9.17) is 4.84 Å². The average Bonchev–Trinajstić information content (AvgIpc) is 2.92. The molecule has 5 aromatic rings. The molecule has 0 aromatic heterocycles. The van der Waals surface area contributed by atoms with Crippen molar-refractivity contribution in [2.24, 2.45) is 20.5 Å². The van der Waals surface area contributed by atoms with Gasteiger partial charge in [-0.15, -0.1) is 5.11 Å². The fourth-order valence-electron chi connectivity index (χ4n) is 3.36. The van der Waals surface area contributed by atoms with Gasteiger partial charge in [-0.3, -0.25) is 0 Å². The van der Waals surface area contributed by atoms with Crippen LogP contribution in [0.25, 0.3) is 10.8 Å². The lowest BCUT2D eigenvalue weighted by Gasteiger charge is -2.10. The topological polar surface area (TPSA) is 90.9 Å². The van der Waals surface area contributed by atoms with Crippen molar-refractivity contribution in [3.05, 3.63) is 115 Å². The molecule has 7 nitrogen and oxygen atoms in total. The number of benzene rings is 5. The first kappa shape index (κ1) is 21.8. The Labute approximate surface area is 202 Å². The van der Waals surface area contributed by atoms with Gasteiger partial charge in [-0.25, -0.2) is 5.48 Å². The normalized spacial score (nSPS) is 11.3. The van der Waals surface area contributed by atoms with Crippen molar-refractivity contribution in [1.29, 1.82) is 0 Å². The maximum Gasteiger partial charge on any atom is 0.155 e. The molecule has 5 aromatic carbocycles. The number of phenols is 1. The first-order valence-corrected chi connectivity index (χ1v) is 11.0. The number of azo groups is 2. The molecule has 0 aliphatic rings. The number of rotatable bonds is 7. The van der Waals surface area contributed by atoms with Crippen LogP contribution >= 0.6 is 0 Å². The quantitative estimate of drug-likeness (QED) is 0.188. The van der Waals surface area contributed by atoms with Gasteiger partial charge in [-0.2, -0.15) is 15.3 Å². The molecule has 0 aliphatic heterocycles. The monoisotopic (exact) mass is 459 g/mol. The molecule has 0 aliphatic carbocycles. The third kappa shape index (κ3) is 5.48. The minimum Gasteiger partial charge on any atom is -0.505 e. The van der Waals surface area contributed by atoms with Crippen molar-refractivity contribution < 1.29 is 9.94 Å². The predicted molar refractivity (Wildman–Crippen MR) is 138 cm³/mol. The van der Waals surface area contributed by atoms with Crippen LogP contribution in [0.4, 0.5) is 28.4 Å². The van der Waals surface area contributed by atoms with Gasteiger partial charge in [0.05, 0.1) is 22.7 Å². The largest absolute Gasteiger partial charge is 0.505 e. The lowest BCUT2D eigenvalue weighted by molar-refractivity contribution is 0.405. The van der Waals surface area contributed by atoms with Crippen molar-refractivity contribution in [3.63, 3.8) is 0 Å². The predicted octanol–water partition coefficient (Wildman–Crippen LogP) is 8.78. The molecule has 170 valence electrons. The molecule has 2 N–H and O–H groups in total. The Kier molecular flexibility index (Phi) is 6.39. The van der Waals surface area contributed by atoms with Crippen molar-refractivity contribution in [1.82, 2.24) is 0 Å². The Hall–Kier alpha value is -5.04. The van der Waals surface area contributed by atoms with Gasteiger partial charge < -0.3 is 9.94 Å². The second-order valence-corrected chi connectivity index (χ2v) is 7.64. The zero-order valence-corrected chi connectivity index (χ0v) is 18.6. The van der Waals surface area contributed by atoms with Crippen LogP contribution in [0.1, 0.15) is 0 Å². The molecule has 0 amide bonds. The fourth-order valence-corrected chi connectivity index (χ4v) is 3.36. The summed E-state index contributed by atoms with van der Waals surface area (Å²) in [6, 6.07) is 35.3. The van der Waals surface area contributed by atoms with Gasteiger partial charge in [0.1, 0.15) is 5.69 Å². The summed E-state index contributed by atoms with van der Waals surface area (Å²) < 4.78 is 0. The number of nitrogens with one attached hydrogen (secondary N) is 1. The Morgan fingerprint density at radius 1 is 0.571 bits per heavy atom. The molecule has 0 radical (unpaired) electrons. The lowest BCUT2D eigenvalue weighted by Crippen LogP contribution is -2.04. The summed E-state index contributed by atoms with van der Waals surface area (Å²) in [7, 11) is 0. The summed E-state index contributed by atoms with van der Waals surface area (Å²) in [6.45, 7) is 0. The molecule has 0 atom stereocenters. The van der Waals surface area contributed by atoms with Crippen LogP contribution in [0, 0.1) is 0 Å². The minimum absolute atomic E-state index is 0.0649. The highest BCUT2D eigenvalue weighted by atomic mass is 16.6. The molecule has 0 fully saturated rings. The van der Waals surface area contributed by atoms with E-state index in [1.165, 1.54) is 0 Å². The van der Waals surface area contributed by atoms with Gasteiger partial charge in [0.2, 0.25) is 0 Å². The number of aromatic hydroxyl groups is 1. The molecule has 7 heteroatoms. The summed E-state index contributed by atoms with van der Waals surface area (Å²) in [6.07, 6.45) is 0. The van der Waals surface area contributed by atoms with Gasteiger partial charge in [0.15, 0.2) is 11.5 Å². The van der Waals surface area contributed by atoms with E-state index >= 15 is 0 Å². The average molecular weight is 460 g/mol. The van der Waals surface area contributed by atoms with E-state index in [0.717, 1.165) is 16.8 Å². The molecular formula is C28H21N5O2. The number of hydrogen-bond acceptors (Lipinski definition) is 7. The smallest absolute Gasteiger partial charge is 0.155 e. The third-order valence-corrected chi connectivity index (χ3v) is 5.16. The highest BCUT2D eigenvalue weighted by Crippen LogP contribution is 2.36. The zero-order valence-electron chi connectivity index (χ0n) is 18.6. The van der Waals surface area contributed by atoms with E-state index in [1.54, 1.807) is 18.2 Å². The summed E-state index contributed by atoms with van der Waals surface area (Å²) >= 11 is 0. The summed E-state index contributed by atoms with van der Waals surface area (Å²) in [5, 5.41) is 29.1. The van der Waals surface area contributed by atoms with Crippen molar-refractivity contribution in [2.45, 2.75) is 0 Å². The maximum absolute atomic E-state index is 10.7. The van der Waals surface area contributed by atoms with Crippen LogP contribution in [0.2, 0.25) is 0 Å². The Bertz CT molecular complexity index is 1490. The molecule has 0 saturated heterocycles. The van der Waals surface area contributed by atoms with Gasteiger partial charge in [-0.05, 0) is 78.2 Å². The maximum atomic E-state index is 10.7. The number of para-hydroxylation sites is 1. The van der Waals surface area contributed by atoms with Crippen LogP contribution < -0.4 is 10.3 Å². The van der Waals surface area contributed by atoms with Gasteiger partial charge in [-0.1, -0.05) is 42.5 Å². The fraction of sp³-hybridized carbons (Fsp3) is 0. The van der Waals surface area contributed by atoms with E-state index in [2.05, 4.69) is 25.9 Å². The Balaban J connectivity index is 1.27. The minimum atomic E-state index is 0.0649. The number of fused-ring (bicyclic) bond motifs is 1. The molecule has 0 spiro atoms. The molecule has 0 bridgehead atoms. The van der Waals surface area contributed by atoms with Crippen molar-refractivity contribution in [2.75, 3.05) is 5.48 Å². The van der Waals surface area contributed by atoms with E-state index in [-0.39, 0.29) is 5.75 Å². The van der Waals surface area contributed by atoms with Crippen molar-refractivity contribution in [3.8, 4) is 11.5 Å². The highest BCUT2D eigenvalue weighted by Gasteiger charge is 2.07. The molecular weight excluding hydrogens is 438 g/mol. The van der Waals surface area contributed by atoms with Crippen LogP contribution in [-0.4, -0.2) is 5.11 Å². The first-order valence-electron chi connectivity index (χ1n) is 11.0. The number of nitrogens with zero attached hydrogens (tertiary/aromatic N) is 4. The SMILES string of the molecule is Oc1c(N=Nc2ccc(N=Nc3ccccc3)cc2)ccc2cc(NOc3ccccc3)ccc12. The number of anilines is 1. The Morgan fingerprint density at radius 3 is 1.86 bits per heavy atom. The van der Waals surface area contributed by atoms with E-state index in [9.17, 15) is 5.11 Å². The van der Waals surface area contributed by atoms with Crippen LogP contribution in [0.15, 0.2) is 136 Å². The second kappa shape index (κ2) is 10.3. The summed E-state index contributed by atoms with van der Waals surface area (Å²) in [4.78, 5) is 5.57. The summed E-state index contributed by atoms with van der Waals surface area (Å²) in [5.74, 6) is 0.772. The summed E-state index contributed by atoms with van der Waals surface area (Å²) in [5.41, 5.74) is 6.20. The number of phenolic OH excluding ortho intramolecular Hbond substituents is 1. The standard InChI is InChI=1S/C28H21N5O2/c34-28-26-17-16-24(33-35-25-9-5-2-6-10-25)19-20(26)11-18-27(28)32-31-23-14-12-22(13-15-23)30-29-21-7-3-1-4-8-21/h1-19,33-34H. The second-order valence-electron chi connectivity index (χ2n) is 7.64. The zero-order chi connectivity index (χ0) is 23.9. The molecule has 0 heterocycles. The van der Waals surface area contributed by atoms with Gasteiger partial charge >= 0.3 is 0 Å². The Morgan fingerprint density at radius 2 is 1.17 bits per heavy atom. The van der Waals surface area contributed by atoms with E-state index in [1.807, 2.05) is 97.1 Å². The van der Waals surface area contributed by atoms with Gasteiger partial charge in [0.25, 0.3) is 0 Å². The molecule has 35 heavy (non-hydrogen) atoms. The first-order chi connectivity index (χ1) is 17.2. The third-order valence-electron chi connectivity index (χ3n) is 5.16. The van der Waals surface area contributed by atoms with Gasteiger partial charge in [0, 0.05) is 5.39 Å². The highest BCUT2D eigenvalue weighted by molar-refractivity contribution is 5.94. The molecule has 0 saturated carbocycles. The van der Waals surface area contributed by atoms with Crippen LogP contribution in [0.3, 0.4) is 0 Å². The van der Waals surface area contributed by atoms with E-state index in [0.29, 0.717) is 28.2 Å². The molecule has 0 unspecified atom stereocenters. The lowest BCUT2D eigenvalue weighted by atomic mass is 10.1. The van der Waals surface area contributed by atoms with E-state index < -0.39 is 0 Å². The van der Waals surface area contributed by atoms with Crippen molar-refractivity contribution >= 4 is 39.2 Å². The van der Waals surface area contributed by atoms with Crippen LogP contribution in [0.5, 0.6) is 11.5 Å². The number of hydrogen-bond donors (Lipinski definition) is 2.